The minimum atomic E-state index is -0.633. The average Bonchev–Trinajstić information content (AvgIpc) is 2.43. The molecule has 0 fully saturated rings. The fourth-order valence-corrected chi connectivity index (χ4v) is 2.16. The molecule has 0 aliphatic heterocycles. The largest absolute Gasteiger partial charge is 0.347 e. The molecule has 1 amide bonds. The summed E-state index contributed by atoms with van der Waals surface area (Å²) in [6.45, 7) is 5.36. The van der Waals surface area contributed by atoms with Gasteiger partial charge in [-0.05, 0) is 37.6 Å². The van der Waals surface area contributed by atoms with Crippen LogP contribution in [0.2, 0.25) is 0 Å². The third-order valence-electron chi connectivity index (χ3n) is 3.08. The first-order valence-corrected chi connectivity index (χ1v) is 6.77. The Morgan fingerprint density at radius 2 is 1.57 bits per heavy atom. The summed E-state index contributed by atoms with van der Waals surface area (Å²) in [5.74, 6) is -0.472. The smallest absolute Gasteiger partial charge is 0.270 e. The van der Waals surface area contributed by atoms with Crippen LogP contribution < -0.4 is 5.32 Å². The first-order chi connectivity index (χ1) is 10.6. The average molecular weight is 317 g/mol. The summed E-state index contributed by atoms with van der Waals surface area (Å²) in [6, 6.07) is 6.30. The summed E-state index contributed by atoms with van der Waals surface area (Å²) >= 11 is 0. The third kappa shape index (κ3) is 3.60. The fourth-order valence-electron chi connectivity index (χ4n) is 2.16. The monoisotopic (exact) mass is 317 g/mol. The highest BCUT2D eigenvalue weighted by atomic mass is 16.6. The van der Waals surface area contributed by atoms with Crippen LogP contribution in [-0.2, 0) is 0 Å². The predicted octanol–water partition coefficient (Wildman–Crippen LogP) is 3.18. The molecule has 0 saturated carbocycles. The standard InChI is InChI=1S/C15H15N3O5/c1-15(2,3)16-14(19)13-8-11(18(22)23)7-9-6-10(17(20)21)4-5-12(9)13/h4-8H,1-3H3,(H,16,19). The summed E-state index contributed by atoms with van der Waals surface area (Å²) in [5.41, 5.74) is -0.898. The molecule has 0 heterocycles. The second kappa shape index (κ2) is 5.64. The number of nitro groups is 2. The van der Waals surface area contributed by atoms with Gasteiger partial charge in [-0.15, -0.1) is 0 Å². The molecule has 23 heavy (non-hydrogen) atoms. The maximum Gasteiger partial charge on any atom is 0.270 e. The zero-order valence-corrected chi connectivity index (χ0v) is 12.8. The van der Waals surface area contributed by atoms with Crippen molar-refractivity contribution in [3.8, 4) is 0 Å². The molecule has 0 aliphatic rings. The number of rotatable bonds is 3. The van der Waals surface area contributed by atoms with E-state index >= 15 is 0 Å². The number of nitrogens with zero attached hydrogens (tertiary/aromatic N) is 2. The lowest BCUT2D eigenvalue weighted by Gasteiger charge is -2.21. The van der Waals surface area contributed by atoms with E-state index in [-0.39, 0.29) is 22.3 Å². The van der Waals surface area contributed by atoms with Gasteiger partial charge in [0.15, 0.2) is 0 Å². The molecule has 8 heteroatoms. The summed E-state index contributed by atoms with van der Waals surface area (Å²) < 4.78 is 0. The molecule has 2 aromatic rings. The maximum absolute atomic E-state index is 12.4. The van der Waals surface area contributed by atoms with Gasteiger partial charge in [0, 0.05) is 29.8 Å². The zero-order valence-electron chi connectivity index (χ0n) is 12.8. The number of carbonyl (C=O) groups excluding carboxylic acids is 1. The maximum atomic E-state index is 12.4. The van der Waals surface area contributed by atoms with E-state index < -0.39 is 21.3 Å². The highest BCUT2D eigenvalue weighted by Crippen LogP contribution is 2.29. The van der Waals surface area contributed by atoms with Crippen molar-refractivity contribution < 1.29 is 14.6 Å². The van der Waals surface area contributed by atoms with Gasteiger partial charge < -0.3 is 5.32 Å². The van der Waals surface area contributed by atoms with Crippen LogP contribution in [-0.4, -0.2) is 21.3 Å². The van der Waals surface area contributed by atoms with Crippen LogP contribution >= 0.6 is 0 Å². The molecule has 120 valence electrons. The summed E-state index contributed by atoms with van der Waals surface area (Å²) in [4.78, 5) is 33.1. The van der Waals surface area contributed by atoms with Crippen LogP contribution in [0.1, 0.15) is 31.1 Å². The molecule has 0 aliphatic carbocycles. The number of carbonyl (C=O) groups is 1. The molecule has 0 unspecified atom stereocenters. The molecule has 8 nitrogen and oxygen atoms in total. The van der Waals surface area contributed by atoms with Gasteiger partial charge in [0.2, 0.25) is 0 Å². The number of non-ortho nitro benzene ring substituents is 2. The molecule has 0 spiro atoms. The Kier molecular flexibility index (Phi) is 4.00. The summed E-state index contributed by atoms with van der Waals surface area (Å²) in [7, 11) is 0. The Morgan fingerprint density at radius 1 is 1.00 bits per heavy atom. The lowest BCUT2D eigenvalue weighted by atomic mass is 10.0. The molecule has 2 aromatic carbocycles. The zero-order chi connectivity index (χ0) is 17.4. The molecular formula is C15H15N3O5. The van der Waals surface area contributed by atoms with E-state index in [0.717, 1.165) is 0 Å². The molecule has 0 saturated heterocycles. The highest BCUT2D eigenvalue weighted by Gasteiger charge is 2.21. The molecule has 0 atom stereocenters. The number of hydrogen-bond acceptors (Lipinski definition) is 5. The summed E-state index contributed by atoms with van der Waals surface area (Å²) in [5, 5.41) is 25.4. The fraction of sp³-hybridized carbons (Fsp3) is 0.267. The van der Waals surface area contributed by atoms with Crippen molar-refractivity contribution in [1.82, 2.24) is 5.32 Å². The van der Waals surface area contributed by atoms with Crippen LogP contribution in [0.25, 0.3) is 10.8 Å². The van der Waals surface area contributed by atoms with E-state index in [1.807, 2.05) is 0 Å². The Labute approximate surface area is 131 Å². The van der Waals surface area contributed by atoms with Crippen molar-refractivity contribution in [2.24, 2.45) is 0 Å². The number of nitro benzene ring substituents is 2. The van der Waals surface area contributed by atoms with Gasteiger partial charge in [-0.3, -0.25) is 25.0 Å². The SMILES string of the molecule is CC(C)(C)NC(=O)c1cc([N+](=O)[O-])cc2cc([N+](=O)[O-])ccc12. The van der Waals surface area contributed by atoms with Gasteiger partial charge in [-0.2, -0.15) is 0 Å². The Hall–Kier alpha value is -3.03. The van der Waals surface area contributed by atoms with Crippen molar-refractivity contribution >= 4 is 28.1 Å². The third-order valence-corrected chi connectivity index (χ3v) is 3.08. The van der Waals surface area contributed by atoms with Crippen molar-refractivity contribution in [2.45, 2.75) is 26.3 Å². The van der Waals surface area contributed by atoms with Gasteiger partial charge in [-0.1, -0.05) is 0 Å². The van der Waals surface area contributed by atoms with E-state index in [1.54, 1.807) is 20.8 Å². The predicted molar refractivity (Wildman–Crippen MR) is 84.5 cm³/mol. The van der Waals surface area contributed by atoms with Crippen molar-refractivity contribution in [2.75, 3.05) is 0 Å². The van der Waals surface area contributed by atoms with Gasteiger partial charge in [0.25, 0.3) is 17.3 Å². The van der Waals surface area contributed by atoms with Crippen LogP contribution in [0, 0.1) is 20.2 Å². The first kappa shape index (κ1) is 16.3. The highest BCUT2D eigenvalue weighted by molar-refractivity contribution is 6.08. The number of nitrogens with one attached hydrogen (secondary N) is 1. The van der Waals surface area contributed by atoms with Gasteiger partial charge in [0.05, 0.1) is 15.4 Å². The number of amides is 1. The summed E-state index contributed by atoms with van der Waals surface area (Å²) in [6.07, 6.45) is 0. The van der Waals surface area contributed by atoms with Crippen molar-refractivity contribution in [3.05, 3.63) is 56.1 Å². The Bertz CT molecular complexity index is 818. The van der Waals surface area contributed by atoms with Crippen molar-refractivity contribution in [1.29, 1.82) is 0 Å². The minimum absolute atomic E-state index is 0.110. The Balaban J connectivity index is 2.69. The van der Waals surface area contributed by atoms with E-state index in [4.69, 9.17) is 0 Å². The molecule has 0 aromatic heterocycles. The van der Waals surface area contributed by atoms with Crippen LogP contribution in [0.4, 0.5) is 11.4 Å². The lowest BCUT2D eigenvalue weighted by molar-refractivity contribution is -0.385. The second-order valence-corrected chi connectivity index (χ2v) is 6.12. The second-order valence-electron chi connectivity index (χ2n) is 6.12. The molecule has 0 radical (unpaired) electrons. The van der Waals surface area contributed by atoms with Crippen LogP contribution in [0.15, 0.2) is 30.3 Å². The van der Waals surface area contributed by atoms with E-state index in [2.05, 4.69) is 5.32 Å². The Morgan fingerprint density at radius 3 is 2.09 bits per heavy atom. The van der Waals surface area contributed by atoms with Gasteiger partial charge >= 0.3 is 0 Å². The molecular weight excluding hydrogens is 302 g/mol. The normalized spacial score (nSPS) is 11.3. The number of fused-ring (bicyclic) bond motifs is 1. The lowest BCUT2D eigenvalue weighted by Crippen LogP contribution is -2.40. The number of benzene rings is 2. The quantitative estimate of drug-likeness (QED) is 0.689. The topological polar surface area (TPSA) is 115 Å². The van der Waals surface area contributed by atoms with E-state index in [1.165, 1.54) is 30.3 Å². The van der Waals surface area contributed by atoms with Crippen LogP contribution in [0.3, 0.4) is 0 Å². The number of hydrogen-bond donors (Lipinski definition) is 1. The van der Waals surface area contributed by atoms with Gasteiger partial charge in [-0.25, -0.2) is 0 Å². The molecule has 0 bridgehead atoms. The van der Waals surface area contributed by atoms with Gasteiger partial charge in [0.1, 0.15) is 0 Å². The minimum Gasteiger partial charge on any atom is -0.347 e. The molecule has 1 N–H and O–H groups in total. The molecule has 2 rings (SSSR count). The van der Waals surface area contributed by atoms with Crippen LogP contribution in [0.5, 0.6) is 0 Å². The van der Waals surface area contributed by atoms with E-state index in [9.17, 15) is 25.0 Å². The first-order valence-electron chi connectivity index (χ1n) is 6.77. The van der Waals surface area contributed by atoms with E-state index in [0.29, 0.717) is 5.39 Å². The van der Waals surface area contributed by atoms with Crippen molar-refractivity contribution in [3.63, 3.8) is 0 Å².